The minimum absolute atomic E-state index is 0.0377. The van der Waals surface area contributed by atoms with Gasteiger partial charge in [0.15, 0.2) is 0 Å². The molecule has 1 N–H and O–H groups in total. The Morgan fingerprint density at radius 2 is 1.37 bits per heavy atom. The maximum Gasteiger partial charge on any atom is 0.264 e. The molecule has 0 saturated carbocycles. The van der Waals surface area contributed by atoms with E-state index in [1.807, 2.05) is 13.8 Å². The van der Waals surface area contributed by atoms with Crippen molar-refractivity contribution in [3.05, 3.63) is 78.4 Å². The highest BCUT2D eigenvalue weighted by atomic mass is 32.2. The van der Waals surface area contributed by atoms with E-state index >= 15 is 0 Å². The molecule has 3 rings (SSSR count). The number of carbonyl (C=O) groups is 2. The molecule has 0 unspecified atom stereocenters. The van der Waals surface area contributed by atoms with Gasteiger partial charge in [0.05, 0.1) is 31.9 Å². The van der Waals surface area contributed by atoms with Crippen molar-refractivity contribution in [3.63, 3.8) is 0 Å². The predicted molar refractivity (Wildman–Crippen MR) is 157 cm³/mol. The van der Waals surface area contributed by atoms with Gasteiger partial charge in [0.25, 0.3) is 10.0 Å². The molecule has 0 heterocycles. The molecule has 0 aromatic heterocycles. The summed E-state index contributed by atoms with van der Waals surface area (Å²) in [5.74, 6) is 0.466. The number of nitrogens with zero attached hydrogens (tertiary/aromatic N) is 2. The summed E-state index contributed by atoms with van der Waals surface area (Å²) in [6, 6.07) is 18.5. The Morgan fingerprint density at radius 1 is 0.805 bits per heavy atom. The number of rotatable bonds is 13. The molecule has 3 aromatic carbocycles. The van der Waals surface area contributed by atoms with Crippen LogP contribution in [-0.4, -0.2) is 65.1 Å². The third-order valence-corrected chi connectivity index (χ3v) is 8.16. The molecule has 10 nitrogen and oxygen atoms in total. The first-order valence-electron chi connectivity index (χ1n) is 13.0. The molecule has 0 radical (unpaired) electrons. The summed E-state index contributed by atoms with van der Waals surface area (Å²) < 4.78 is 44.9. The minimum atomic E-state index is -4.25. The molecule has 220 valence electrons. The number of ether oxygens (including phenoxy) is 3. The van der Waals surface area contributed by atoms with E-state index in [0.717, 1.165) is 9.87 Å². The molecule has 0 fully saturated rings. The quantitative estimate of drug-likeness (QED) is 0.325. The number of hydrogen-bond acceptors (Lipinski definition) is 7. The normalized spacial score (nSPS) is 11.9. The maximum absolute atomic E-state index is 14.0. The minimum Gasteiger partial charge on any atom is -0.497 e. The largest absolute Gasteiger partial charge is 0.497 e. The van der Waals surface area contributed by atoms with Gasteiger partial charge in [-0.05, 0) is 74.9 Å². The number of amides is 2. The Balaban J connectivity index is 2.06. The van der Waals surface area contributed by atoms with E-state index < -0.39 is 28.5 Å². The van der Waals surface area contributed by atoms with E-state index in [2.05, 4.69) is 5.32 Å². The Kier molecular flexibility index (Phi) is 10.6. The summed E-state index contributed by atoms with van der Waals surface area (Å²) in [4.78, 5) is 28.4. The molecule has 41 heavy (non-hydrogen) atoms. The van der Waals surface area contributed by atoms with Crippen LogP contribution in [-0.2, 0) is 26.2 Å². The van der Waals surface area contributed by atoms with E-state index in [1.54, 1.807) is 62.6 Å². The van der Waals surface area contributed by atoms with Gasteiger partial charge in [-0.2, -0.15) is 0 Å². The smallest absolute Gasteiger partial charge is 0.264 e. The average Bonchev–Trinajstić information content (AvgIpc) is 2.98. The van der Waals surface area contributed by atoms with Crippen molar-refractivity contribution >= 4 is 27.5 Å². The van der Waals surface area contributed by atoms with Crippen molar-refractivity contribution in [2.24, 2.45) is 0 Å². The van der Waals surface area contributed by atoms with Gasteiger partial charge in [0.2, 0.25) is 11.8 Å². The molecule has 2 amide bonds. The van der Waals surface area contributed by atoms with Crippen LogP contribution in [0.5, 0.6) is 17.2 Å². The molecule has 0 saturated heterocycles. The zero-order valence-electron chi connectivity index (χ0n) is 24.2. The van der Waals surface area contributed by atoms with Gasteiger partial charge in [0.1, 0.15) is 29.8 Å². The molecule has 3 aromatic rings. The van der Waals surface area contributed by atoms with Gasteiger partial charge in [-0.25, -0.2) is 8.42 Å². The zero-order chi connectivity index (χ0) is 30.2. The molecular weight excluding hydrogens is 546 g/mol. The van der Waals surface area contributed by atoms with E-state index in [9.17, 15) is 18.0 Å². The lowest BCUT2D eigenvalue weighted by atomic mass is 10.1. The van der Waals surface area contributed by atoms with Crippen molar-refractivity contribution in [3.8, 4) is 17.2 Å². The van der Waals surface area contributed by atoms with Crippen LogP contribution in [0, 0.1) is 0 Å². The third kappa shape index (κ3) is 7.69. The van der Waals surface area contributed by atoms with Crippen molar-refractivity contribution in [1.82, 2.24) is 10.2 Å². The summed E-state index contributed by atoms with van der Waals surface area (Å²) in [5, 5.41) is 2.84. The fraction of sp³-hybridized carbons (Fsp3) is 0.333. The first-order chi connectivity index (χ1) is 19.5. The first-order valence-corrected chi connectivity index (χ1v) is 14.5. The number of benzene rings is 3. The van der Waals surface area contributed by atoms with Crippen LogP contribution >= 0.6 is 0 Å². The van der Waals surface area contributed by atoms with E-state index in [-0.39, 0.29) is 34.8 Å². The monoisotopic (exact) mass is 583 g/mol. The Labute approximate surface area is 241 Å². The topological polar surface area (TPSA) is 114 Å². The zero-order valence-corrected chi connectivity index (χ0v) is 25.0. The summed E-state index contributed by atoms with van der Waals surface area (Å²) in [6.45, 7) is 4.75. The van der Waals surface area contributed by atoms with Gasteiger partial charge in [-0.15, -0.1) is 0 Å². The Morgan fingerprint density at radius 3 is 1.90 bits per heavy atom. The number of carbonyl (C=O) groups excluding carboxylic acids is 2. The molecule has 0 bridgehead atoms. The van der Waals surface area contributed by atoms with E-state index in [4.69, 9.17) is 14.2 Å². The number of hydrogen-bond donors (Lipinski definition) is 1. The SMILES string of the molecule is COc1ccc(CN(C(=O)CN(c2ccccc2OC)S(=O)(=O)c2ccc(OC)cc2)[C@@H](C)C(=O)NC(C)C)cc1. The number of sulfonamides is 1. The van der Waals surface area contributed by atoms with Crippen LogP contribution in [0.1, 0.15) is 26.3 Å². The van der Waals surface area contributed by atoms with Crippen molar-refractivity contribution in [1.29, 1.82) is 0 Å². The van der Waals surface area contributed by atoms with Crippen LogP contribution < -0.4 is 23.8 Å². The van der Waals surface area contributed by atoms with E-state index in [0.29, 0.717) is 11.5 Å². The summed E-state index contributed by atoms with van der Waals surface area (Å²) in [7, 11) is 0.208. The van der Waals surface area contributed by atoms with Crippen LogP contribution in [0.15, 0.2) is 77.7 Å². The number of anilines is 1. The molecule has 0 aliphatic heterocycles. The van der Waals surface area contributed by atoms with Gasteiger partial charge >= 0.3 is 0 Å². The second-order valence-electron chi connectivity index (χ2n) is 9.57. The molecule has 1 atom stereocenters. The highest BCUT2D eigenvalue weighted by Crippen LogP contribution is 2.33. The lowest BCUT2D eigenvalue weighted by Crippen LogP contribution is -2.52. The molecule has 11 heteroatoms. The Bertz CT molecular complexity index is 1430. The van der Waals surface area contributed by atoms with Gasteiger partial charge in [0, 0.05) is 12.6 Å². The van der Waals surface area contributed by atoms with Gasteiger partial charge in [-0.1, -0.05) is 24.3 Å². The number of para-hydroxylation sites is 2. The van der Waals surface area contributed by atoms with Crippen molar-refractivity contribution in [2.75, 3.05) is 32.2 Å². The average molecular weight is 584 g/mol. The highest BCUT2D eigenvalue weighted by molar-refractivity contribution is 7.92. The predicted octanol–water partition coefficient (Wildman–Crippen LogP) is 3.85. The summed E-state index contributed by atoms with van der Waals surface area (Å²) >= 11 is 0. The molecule has 0 aliphatic carbocycles. The fourth-order valence-corrected chi connectivity index (χ4v) is 5.56. The summed E-state index contributed by atoms with van der Waals surface area (Å²) in [6.07, 6.45) is 0. The highest BCUT2D eigenvalue weighted by Gasteiger charge is 2.34. The van der Waals surface area contributed by atoms with Crippen LogP contribution in [0.4, 0.5) is 5.69 Å². The molecule has 0 spiro atoms. The lowest BCUT2D eigenvalue weighted by molar-refractivity contribution is -0.139. The molecular formula is C30H37N3O7S. The summed E-state index contributed by atoms with van der Waals surface area (Å²) in [5.41, 5.74) is 0.924. The Hall–Kier alpha value is -4.25. The second kappa shape index (κ2) is 13.9. The molecule has 0 aliphatic rings. The van der Waals surface area contributed by atoms with Crippen LogP contribution in [0.2, 0.25) is 0 Å². The van der Waals surface area contributed by atoms with Gasteiger partial charge in [-0.3, -0.25) is 13.9 Å². The fourth-order valence-electron chi connectivity index (χ4n) is 4.14. The van der Waals surface area contributed by atoms with E-state index in [1.165, 1.54) is 43.4 Å². The van der Waals surface area contributed by atoms with Crippen molar-refractivity contribution < 1.29 is 32.2 Å². The standard InChI is InChI=1S/C30H37N3O7S/c1-21(2)31-30(35)22(3)32(19-23-11-13-24(38-4)14-12-23)29(34)20-33(27-9-7-8-10-28(27)40-6)41(36,37)26-17-15-25(39-5)16-18-26/h7-18,21-22H,19-20H2,1-6H3,(H,31,35)/t22-/m0/s1. The number of nitrogens with one attached hydrogen (secondary N) is 1. The first kappa shape index (κ1) is 31.3. The van der Waals surface area contributed by atoms with Crippen LogP contribution in [0.3, 0.4) is 0 Å². The second-order valence-corrected chi connectivity index (χ2v) is 11.4. The van der Waals surface area contributed by atoms with Crippen molar-refractivity contribution in [2.45, 2.75) is 44.3 Å². The third-order valence-electron chi connectivity index (χ3n) is 6.39. The van der Waals surface area contributed by atoms with Gasteiger partial charge < -0.3 is 24.4 Å². The van der Waals surface area contributed by atoms with Crippen LogP contribution in [0.25, 0.3) is 0 Å². The maximum atomic E-state index is 14.0. The number of methoxy groups -OCH3 is 3. The lowest BCUT2D eigenvalue weighted by Gasteiger charge is -2.32.